The summed E-state index contributed by atoms with van der Waals surface area (Å²) in [5.74, 6) is 0.936. The molecule has 128 valence electrons. The molecule has 26 heavy (non-hydrogen) atoms. The van der Waals surface area contributed by atoms with E-state index in [4.69, 9.17) is 11.6 Å². The molecular weight excluding hydrogens is 356 g/mol. The Bertz CT molecular complexity index is 1110. The van der Waals surface area contributed by atoms with Gasteiger partial charge in [0.25, 0.3) is 11.6 Å². The van der Waals surface area contributed by atoms with Gasteiger partial charge in [0.15, 0.2) is 0 Å². The quantitative estimate of drug-likeness (QED) is 0.431. The lowest BCUT2D eigenvalue weighted by atomic mass is 10.2. The van der Waals surface area contributed by atoms with Gasteiger partial charge in [0.2, 0.25) is 0 Å². The first-order chi connectivity index (χ1) is 12.6. The Kier molecular flexibility index (Phi) is 3.94. The lowest BCUT2D eigenvalue weighted by molar-refractivity contribution is -0.384. The number of nitrogens with one attached hydrogen (secondary N) is 1. The van der Waals surface area contributed by atoms with Gasteiger partial charge in [-0.05, 0) is 36.4 Å². The van der Waals surface area contributed by atoms with Crippen LogP contribution in [0.1, 0.15) is 0 Å². The lowest BCUT2D eigenvalue weighted by Crippen LogP contribution is -2.03. The van der Waals surface area contributed by atoms with Crippen LogP contribution in [-0.2, 0) is 0 Å². The Morgan fingerprint density at radius 1 is 1.12 bits per heavy atom. The molecule has 2 aromatic heterocycles. The highest BCUT2D eigenvalue weighted by Crippen LogP contribution is 2.21. The van der Waals surface area contributed by atoms with Crippen LogP contribution in [0.5, 0.6) is 0 Å². The van der Waals surface area contributed by atoms with Crippen molar-refractivity contribution < 1.29 is 4.92 Å². The van der Waals surface area contributed by atoms with Crippen molar-refractivity contribution in [2.45, 2.75) is 0 Å². The van der Waals surface area contributed by atoms with Crippen molar-refractivity contribution >= 4 is 39.7 Å². The van der Waals surface area contributed by atoms with Crippen molar-refractivity contribution in [3.05, 3.63) is 76.1 Å². The zero-order chi connectivity index (χ0) is 18.1. The molecule has 0 bridgehead atoms. The van der Waals surface area contributed by atoms with Gasteiger partial charge < -0.3 is 5.32 Å². The van der Waals surface area contributed by atoms with Crippen LogP contribution in [-0.4, -0.2) is 24.7 Å². The molecule has 0 saturated heterocycles. The van der Waals surface area contributed by atoms with E-state index in [1.54, 1.807) is 36.7 Å². The fraction of sp³-hybridized carbons (Fsp3) is 0. The molecular formula is C17H11ClN6O2. The molecule has 4 aromatic rings. The van der Waals surface area contributed by atoms with Crippen LogP contribution in [0.25, 0.3) is 16.9 Å². The maximum atomic E-state index is 10.9. The third kappa shape index (κ3) is 3.17. The highest BCUT2D eigenvalue weighted by atomic mass is 35.5. The van der Waals surface area contributed by atoms with Crippen molar-refractivity contribution in [2.75, 3.05) is 5.32 Å². The number of nitro benzene ring substituents is 1. The minimum Gasteiger partial charge on any atom is -0.340 e. The molecule has 9 heteroatoms. The highest BCUT2D eigenvalue weighted by Gasteiger charge is 2.11. The number of anilines is 2. The van der Waals surface area contributed by atoms with E-state index in [0.29, 0.717) is 22.3 Å². The van der Waals surface area contributed by atoms with Gasteiger partial charge in [0, 0.05) is 40.6 Å². The Morgan fingerprint density at radius 3 is 2.69 bits per heavy atom. The van der Waals surface area contributed by atoms with Gasteiger partial charge in [0.1, 0.15) is 5.82 Å². The van der Waals surface area contributed by atoms with Crippen molar-refractivity contribution in [2.24, 2.45) is 0 Å². The summed E-state index contributed by atoms with van der Waals surface area (Å²) in [6, 6.07) is 13.5. The Hall–Kier alpha value is -3.52. The Morgan fingerprint density at radius 2 is 1.92 bits per heavy atom. The van der Waals surface area contributed by atoms with Crippen molar-refractivity contribution in [3.63, 3.8) is 0 Å². The van der Waals surface area contributed by atoms with Gasteiger partial charge >= 0.3 is 0 Å². The third-order valence-electron chi connectivity index (χ3n) is 3.67. The zero-order valence-corrected chi connectivity index (χ0v) is 14.0. The summed E-state index contributed by atoms with van der Waals surface area (Å²) in [5.41, 5.74) is 1.32. The first-order valence-corrected chi connectivity index (χ1v) is 7.96. The molecule has 0 saturated carbocycles. The van der Waals surface area contributed by atoms with Gasteiger partial charge in [-0.15, -0.1) is 0 Å². The van der Waals surface area contributed by atoms with Crippen LogP contribution in [0.3, 0.4) is 0 Å². The van der Waals surface area contributed by atoms with Crippen LogP contribution in [0.15, 0.2) is 60.9 Å². The SMILES string of the molecule is O=[N+]([O-])c1ccc2cn(-c3nccc(Nc4ccc(Cl)cc4)n3)nc2c1. The molecule has 0 unspecified atom stereocenters. The number of aromatic nitrogens is 4. The number of hydrogen-bond acceptors (Lipinski definition) is 6. The second-order valence-electron chi connectivity index (χ2n) is 5.45. The Labute approximate surface area is 152 Å². The smallest absolute Gasteiger partial charge is 0.271 e. The minimum absolute atomic E-state index is 0.0122. The van der Waals surface area contributed by atoms with Crippen molar-refractivity contribution in [1.29, 1.82) is 0 Å². The topological polar surface area (TPSA) is 98.8 Å². The van der Waals surface area contributed by atoms with Crippen molar-refractivity contribution in [3.8, 4) is 5.95 Å². The summed E-state index contributed by atoms with van der Waals surface area (Å²) in [7, 11) is 0. The van der Waals surface area contributed by atoms with E-state index in [9.17, 15) is 10.1 Å². The van der Waals surface area contributed by atoms with E-state index < -0.39 is 4.92 Å². The standard InChI is InChI=1S/C17H11ClN6O2/c18-12-2-4-13(5-3-12)20-16-7-8-19-17(21-16)23-10-11-1-6-14(24(25)26)9-15(11)22-23/h1-10H,(H,19,20,21). The van der Waals surface area contributed by atoms with Gasteiger partial charge in [-0.1, -0.05) is 11.6 Å². The predicted molar refractivity (Wildman–Crippen MR) is 98.0 cm³/mol. The van der Waals surface area contributed by atoms with E-state index in [0.717, 1.165) is 11.1 Å². The minimum atomic E-state index is -0.453. The van der Waals surface area contributed by atoms with Gasteiger partial charge in [0.05, 0.1) is 10.4 Å². The monoisotopic (exact) mass is 366 g/mol. The molecule has 8 nitrogen and oxygen atoms in total. The molecule has 2 heterocycles. The van der Waals surface area contributed by atoms with Crippen LogP contribution >= 0.6 is 11.6 Å². The normalized spacial score (nSPS) is 10.8. The molecule has 4 rings (SSSR count). The van der Waals surface area contributed by atoms with Crippen LogP contribution in [0, 0.1) is 10.1 Å². The molecule has 0 radical (unpaired) electrons. The number of benzene rings is 2. The predicted octanol–water partition coefficient (Wildman–Crippen LogP) is 4.12. The van der Waals surface area contributed by atoms with Gasteiger partial charge in [-0.3, -0.25) is 10.1 Å². The van der Waals surface area contributed by atoms with E-state index in [1.165, 1.54) is 16.8 Å². The summed E-state index contributed by atoms with van der Waals surface area (Å²) in [6.07, 6.45) is 3.33. The summed E-state index contributed by atoms with van der Waals surface area (Å²) < 4.78 is 1.49. The molecule has 0 fully saturated rings. The average Bonchev–Trinajstić information content (AvgIpc) is 3.07. The first-order valence-electron chi connectivity index (χ1n) is 7.58. The number of fused-ring (bicyclic) bond motifs is 1. The fourth-order valence-corrected chi connectivity index (χ4v) is 2.56. The second-order valence-corrected chi connectivity index (χ2v) is 5.88. The number of hydrogen-bond donors (Lipinski definition) is 1. The number of nitro groups is 1. The molecule has 0 aliphatic rings. The number of non-ortho nitro benzene ring substituents is 1. The van der Waals surface area contributed by atoms with Crippen LogP contribution < -0.4 is 5.32 Å². The zero-order valence-electron chi connectivity index (χ0n) is 13.2. The largest absolute Gasteiger partial charge is 0.340 e. The third-order valence-corrected chi connectivity index (χ3v) is 3.92. The first kappa shape index (κ1) is 16.0. The number of halogens is 1. The summed E-state index contributed by atoms with van der Waals surface area (Å²) in [4.78, 5) is 19.1. The van der Waals surface area contributed by atoms with E-state index >= 15 is 0 Å². The summed E-state index contributed by atoms with van der Waals surface area (Å²) in [6.45, 7) is 0. The van der Waals surface area contributed by atoms with Crippen molar-refractivity contribution in [1.82, 2.24) is 19.7 Å². The van der Waals surface area contributed by atoms with Gasteiger partial charge in [-0.25, -0.2) is 9.67 Å². The van der Waals surface area contributed by atoms with E-state index in [1.807, 2.05) is 12.1 Å². The summed E-state index contributed by atoms with van der Waals surface area (Å²) >= 11 is 5.88. The second kappa shape index (κ2) is 6.41. The molecule has 2 aromatic carbocycles. The molecule has 0 aliphatic heterocycles. The van der Waals surface area contributed by atoms with E-state index in [-0.39, 0.29) is 5.69 Å². The maximum absolute atomic E-state index is 10.9. The van der Waals surface area contributed by atoms with E-state index in [2.05, 4.69) is 20.4 Å². The number of rotatable bonds is 4. The summed E-state index contributed by atoms with van der Waals surface area (Å²) in [5, 5.41) is 19.8. The molecule has 0 aliphatic carbocycles. The number of nitrogens with zero attached hydrogens (tertiary/aromatic N) is 5. The maximum Gasteiger partial charge on any atom is 0.271 e. The lowest BCUT2D eigenvalue weighted by Gasteiger charge is -2.06. The van der Waals surface area contributed by atoms with Gasteiger partial charge in [-0.2, -0.15) is 10.1 Å². The van der Waals surface area contributed by atoms with Crippen LogP contribution in [0.4, 0.5) is 17.2 Å². The average molecular weight is 367 g/mol. The highest BCUT2D eigenvalue weighted by molar-refractivity contribution is 6.30. The molecule has 0 spiro atoms. The molecule has 0 amide bonds. The molecule has 1 N–H and O–H groups in total. The van der Waals surface area contributed by atoms with Crippen LogP contribution in [0.2, 0.25) is 5.02 Å². The Balaban J connectivity index is 1.66. The molecule has 0 atom stereocenters. The fourth-order valence-electron chi connectivity index (χ4n) is 2.43.